The van der Waals surface area contributed by atoms with Gasteiger partial charge in [0, 0.05) is 41.1 Å². The summed E-state index contributed by atoms with van der Waals surface area (Å²) in [6.45, 7) is 2.19. The lowest BCUT2D eigenvalue weighted by atomic mass is 10.0. The highest BCUT2D eigenvalue weighted by Crippen LogP contribution is 2.37. The lowest BCUT2D eigenvalue weighted by Gasteiger charge is -2.13. The van der Waals surface area contributed by atoms with Crippen LogP contribution >= 0.6 is 11.6 Å². The predicted molar refractivity (Wildman–Crippen MR) is 84.8 cm³/mol. The summed E-state index contributed by atoms with van der Waals surface area (Å²) in [5, 5.41) is 1.89. The van der Waals surface area contributed by atoms with Gasteiger partial charge in [0.25, 0.3) is 0 Å². The lowest BCUT2D eigenvalue weighted by molar-refractivity contribution is -0.134. The molecule has 4 rings (SSSR count). The first-order valence-corrected chi connectivity index (χ1v) is 7.80. The molecule has 22 heavy (non-hydrogen) atoms. The van der Waals surface area contributed by atoms with E-state index in [1.165, 1.54) is 0 Å². The second kappa shape index (κ2) is 5.14. The Morgan fingerprint density at radius 3 is 2.91 bits per heavy atom. The van der Waals surface area contributed by atoms with Gasteiger partial charge in [-0.2, -0.15) is 0 Å². The van der Waals surface area contributed by atoms with E-state index in [1.54, 1.807) is 0 Å². The van der Waals surface area contributed by atoms with Crippen molar-refractivity contribution in [2.75, 3.05) is 20.2 Å². The van der Waals surface area contributed by atoms with Crippen LogP contribution < -0.4 is 0 Å². The zero-order valence-corrected chi connectivity index (χ0v) is 13.1. The Labute approximate surface area is 133 Å². The Hall–Kier alpha value is -1.78. The van der Waals surface area contributed by atoms with Crippen molar-refractivity contribution in [1.29, 1.82) is 0 Å². The number of cyclic esters (lactones) is 1. The van der Waals surface area contributed by atoms with Crippen molar-refractivity contribution in [3.63, 3.8) is 0 Å². The van der Waals surface area contributed by atoms with Crippen molar-refractivity contribution in [3.05, 3.63) is 39.6 Å². The van der Waals surface area contributed by atoms with Gasteiger partial charge >= 0.3 is 5.97 Å². The Balaban J connectivity index is 1.94. The molecule has 1 aromatic carbocycles. The van der Waals surface area contributed by atoms with E-state index >= 15 is 0 Å². The molecule has 0 N–H and O–H groups in total. The van der Waals surface area contributed by atoms with Crippen molar-refractivity contribution in [2.24, 2.45) is 0 Å². The number of hydrogen-bond donors (Lipinski definition) is 0. The number of carbonyl (C=O) groups excluding carboxylic acids is 1. The molecule has 2 aliphatic heterocycles. The fraction of sp³-hybridized carbons (Fsp3) is 0.353. The molecular weight excluding hydrogens is 302 g/mol. The number of carbonyl (C=O) groups is 1. The maximum absolute atomic E-state index is 11.7. The van der Waals surface area contributed by atoms with Gasteiger partial charge in [0.1, 0.15) is 11.3 Å². The first-order valence-electron chi connectivity index (χ1n) is 7.42. The third-order valence-electron chi connectivity index (χ3n) is 4.38. The van der Waals surface area contributed by atoms with Crippen LogP contribution in [0.4, 0.5) is 0 Å². The van der Waals surface area contributed by atoms with Crippen molar-refractivity contribution in [2.45, 2.75) is 19.4 Å². The molecule has 0 amide bonds. The number of ether oxygens (including phenoxy) is 1. The molecule has 0 aliphatic carbocycles. The SMILES string of the molecule is CN1CCc2c(Cl)ccc3oc(C=C4CCOC4=O)c(c23)C1. The largest absolute Gasteiger partial charge is 0.462 e. The van der Waals surface area contributed by atoms with Gasteiger partial charge in [0.2, 0.25) is 0 Å². The van der Waals surface area contributed by atoms with Crippen LogP contribution in [0, 0.1) is 0 Å². The number of nitrogens with zero attached hydrogens (tertiary/aromatic N) is 1. The zero-order chi connectivity index (χ0) is 15.3. The third-order valence-corrected chi connectivity index (χ3v) is 4.73. The summed E-state index contributed by atoms with van der Waals surface area (Å²) < 4.78 is 11.0. The van der Waals surface area contributed by atoms with Crippen molar-refractivity contribution in [1.82, 2.24) is 4.90 Å². The predicted octanol–water partition coefficient (Wildman–Crippen LogP) is 3.40. The number of halogens is 1. The molecule has 1 fully saturated rings. The fourth-order valence-electron chi connectivity index (χ4n) is 3.23. The van der Waals surface area contributed by atoms with Crippen molar-refractivity contribution in [3.8, 4) is 0 Å². The monoisotopic (exact) mass is 317 g/mol. The lowest BCUT2D eigenvalue weighted by Crippen LogP contribution is -2.18. The molecule has 1 saturated heterocycles. The van der Waals surface area contributed by atoms with Gasteiger partial charge in [-0.05, 0) is 37.2 Å². The molecule has 5 heteroatoms. The highest BCUT2D eigenvalue weighted by atomic mass is 35.5. The van der Waals surface area contributed by atoms with Crippen LogP contribution in [0.1, 0.15) is 23.3 Å². The van der Waals surface area contributed by atoms with Crippen LogP contribution in [0.25, 0.3) is 17.0 Å². The smallest absolute Gasteiger partial charge is 0.334 e. The van der Waals surface area contributed by atoms with Crippen molar-refractivity contribution < 1.29 is 13.9 Å². The summed E-state index contributed by atoms with van der Waals surface area (Å²) in [6, 6.07) is 3.80. The van der Waals surface area contributed by atoms with Crippen LogP contribution in [0.3, 0.4) is 0 Å². The van der Waals surface area contributed by atoms with E-state index in [1.807, 2.05) is 18.2 Å². The van der Waals surface area contributed by atoms with Gasteiger partial charge in [-0.25, -0.2) is 4.79 Å². The fourth-order valence-corrected chi connectivity index (χ4v) is 3.48. The average molecular weight is 318 g/mol. The van der Waals surface area contributed by atoms with Crippen LogP contribution in [-0.2, 0) is 22.5 Å². The summed E-state index contributed by atoms with van der Waals surface area (Å²) in [4.78, 5) is 13.9. The number of rotatable bonds is 1. The van der Waals surface area contributed by atoms with E-state index in [2.05, 4.69) is 11.9 Å². The molecule has 1 aromatic heterocycles. The Kier molecular flexibility index (Phi) is 3.24. The maximum atomic E-state index is 11.7. The third kappa shape index (κ3) is 2.14. The molecular formula is C17H16ClNO3. The second-order valence-electron chi connectivity index (χ2n) is 5.89. The molecule has 4 nitrogen and oxygen atoms in total. The molecule has 0 bridgehead atoms. The summed E-state index contributed by atoms with van der Waals surface area (Å²) in [5.74, 6) is 0.508. The number of benzene rings is 1. The molecule has 0 saturated carbocycles. The van der Waals surface area contributed by atoms with E-state index in [9.17, 15) is 4.79 Å². The molecule has 0 spiro atoms. The van der Waals surface area contributed by atoms with Gasteiger partial charge in [-0.1, -0.05) is 11.6 Å². The average Bonchev–Trinajstić information content (AvgIpc) is 2.98. The minimum absolute atomic E-state index is 0.243. The number of hydrogen-bond acceptors (Lipinski definition) is 4. The normalized spacial score (nSPS) is 20.6. The van der Waals surface area contributed by atoms with Crippen LogP contribution in [0.15, 0.2) is 22.1 Å². The summed E-state index contributed by atoms with van der Waals surface area (Å²) in [7, 11) is 2.08. The van der Waals surface area contributed by atoms with Gasteiger partial charge in [0.15, 0.2) is 0 Å². The first kappa shape index (κ1) is 13.9. The Bertz CT molecular complexity index is 806. The molecule has 0 radical (unpaired) electrons. The van der Waals surface area contributed by atoms with Gasteiger partial charge < -0.3 is 14.1 Å². The molecule has 2 aromatic rings. The van der Waals surface area contributed by atoms with Gasteiger partial charge in [-0.3, -0.25) is 0 Å². The van der Waals surface area contributed by atoms with Gasteiger partial charge in [-0.15, -0.1) is 0 Å². The van der Waals surface area contributed by atoms with E-state index < -0.39 is 0 Å². The van der Waals surface area contributed by atoms with E-state index in [-0.39, 0.29) is 5.97 Å². The zero-order valence-electron chi connectivity index (χ0n) is 12.3. The summed E-state index contributed by atoms with van der Waals surface area (Å²) in [6.07, 6.45) is 3.37. The quantitative estimate of drug-likeness (QED) is 0.597. The molecule has 0 atom stereocenters. The number of likely N-dealkylation sites (N-methyl/N-ethyl adjacent to an activating group) is 1. The minimum Gasteiger partial charge on any atom is -0.462 e. The van der Waals surface area contributed by atoms with E-state index in [0.717, 1.165) is 52.4 Å². The highest BCUT2D eigenvalue weighted by molar-refractivity contribution is 6.32. The number of esters is 1. The van der Waals surface area contributed by atoms with Crippen LogP contribution in [-0.4, -0.2) is 31.1 Å². The Morgan fingerprint density at radius 2 is 2.14 bits per heavy atom. The van der Waals surface area contributed by atoms with Gasteiger partial charge in [0.05, 0.1) is 6.61 Å². The number of furan rings is 1. The van der Waals surface area contributed by atoms with Crippen molar-refractivity contribution >= 4 is 34.6 Å². The van der Waals surface area contributed by atoms with Crippen LogP contribution in [0.5, 0.6) is 0 Å². The van der Waals surface area contributed by atoms with E-state index in [4.69, 9.17) is 20.8 Å². The highest BCUT2D eigenvalue weighted by Gasteiger charge is 2.25. The summed E-state index contributed by atoms with van der Waals surface area (Å²) >= 11 is 6.38. The van der Waals surface area contributed by atoms with E-state index in [0.29, 0.717) is 18.6 Å². The Morgan fingerprint density at radius 1 is 1.27 bits per heavy atom. The maximum Gasteiger partial charge on any atom is 0.334 e. The molecule has 3 heterocycles. The second-order valence-corrected chi connectivity index (χ2v) is 6.29. The molecule has 114 valence electrons. The summed E-state index contributed by atoms with van der Waals surface area (Å²) in [5.41, 5.74) is 3.76. The topological polar surface area (TPSA) is 42.7 Å². The minimum atomic E-state index is -0.243. The standard InChI is InChI=1S/C17H16ClNO3/c1-19-6-4-11-13(18)2-3-14-16(11)12(9-19)15(22-14)8-10-5-7-21-17(10)20/h2-3,8H,4-7,9H2,1H3. The first-order chi connectivity index (χ1) is 10.6. The van der Waals surface area contributed by atoms with Crippen LogP contribution in [0.2, 0.25) is 5.02 Å². The molecule has 0 unspecified atom stereocenters. The molecule has 2 aliphatic rings.